The zero-order chi connectivity index (χ0) is 38.5. The van der Waals surface area contributed by atoms with Crippen LogP contribution in [0.15, 0.2) is 115 Å². The molecule has 3 aromatic rings. The van der Waals surface area contributed by atoms with Crippen LogP contribution in [0.5, 0.6) is 0 Å². The van der Waals surface area contributed by atoms with Crippen LogP contribution in [-0.2, 0) is 29.5 Å². The lowest BCUT2D eigenvalue weighted by Crippen LogP contribution is -2.70. The normalized spacial score (nSPS) is 33.5. The molecule has 3 fully saturated rings. The standard InChI is InChI=1S/C44H45F3O6S/c1-28(52-43(29-13-7-4-8-14-29,30-15-9-5-10-16-30)31-17-11-6-12-18-31)23-38(50)53-42(39(51)54-27-45)22-20-33-34-25-36(46)35-24-32(48)19-21-40(35,2)44(34,47)37(49)26-41(33,42)3/h4-19,21,24,28,33-34,36-37,49H,20,22-23,25-27H2,1-3H3/t28-,33-,34-,36-,37-,40-,41-,42-,44-/m0/s1. The second-order valence-corrected chi connectivity index (χ2v) is 16.5. The number of hydrogen-bond acceptors (Lipinski definition) is 7. The quantitative estimate of drug-likeness (QED) is 0.164. The first kappa shape index (κ1) is 38.3. The van der Waals surface area contributed by atoms with Crippen molar-refractivity contribution >= 4 is 28.6 Å². The Hall–Kier alpha value is -3.99. The molecule has 3 saturated carbocycles. The minimum absolute atomic E-state index is 0.0114. The third-order valence-electron chi connectivity index (χ3n) is 12.9. The summed E-state index contributed by atoms with van der Waals surface area (Å²) in [6.45, 7) is 4.92. The Morgan fingerprint density at radius 1 is 0.944 bits per heavy atom. The van der Waals surface area contributed by atoms with Gasteiger partial charge in [0.25, 0.3) is 0 Å². The lowest BCUT2D eigenvalue weighted by molar-refractivity contribution is -0.227. The molecular weight excluding hydrogens is 714 g/mol. The number of esters is 1. The SMILES string of the molecule is C[C@@H](CC(=O)O[C@]1(C(=O)SCF)CC[C@H]2[C@@H]3C[C@H](F)C4=CC(=O)C=C[C@]4(C)[C@@]3(F)[C@@H](O)C[C@@]21C)OC(c1ccccc1)(c1ccccc1)c1ccccc1. The van der Waals surface area contributed by atoms with Crippen LogP contribution in [0.4, 0.5) is 13.2 Å². The maximum Gasteiger partial charge on any atom is 0.309 e. The minimum Gasteiger partial charge on any atom is -0.449 e. The number of hydrogen-bond donors (Lipinski definition) is 1. The van der Waals surface area contributed by atoms with Crippen molar-refractivity contribution in [3.05, 3.63) is 131 Å². The number of halogens is 3. The average molecular weight is 759 g/mol. The number of fused-ring (bicyclic) bond motifs is 5. The summed E-state index contributed by atoms with van der Waals surface area (Å²) in [5, 5.41) is 11.1. The summed E-state index contributed by atoms with van der Waals surface area (Å²) < 4.78 is 60.9. The predicted molar refractivity (Wildman–Crippen MR) is 200 cm³/mol. The van der Waals surface area contributed by atoms with Crippen molar-refractivity contribution in [1.29, 1.82) is 0 Å². The zero-order valence-electron chi connectivity index (χ0n) is 30.6. The average Bonchev–Trinajstić information content (AvgIpc) is 3.45. The molecule has 284 valence electrons. The first-order valence-electron chi connectivity index (χ1n) is 18.5. The molecule has 0 amide bonds. The van der Waals surface area contributed by atoms with Crippen LogP contribution in [-0.4, -0.2) is 57.6 Å². The van der Waals surface area contributed by atoms with Gasteiger partial charge in [-0.15, -0.1) is 0 Å². The number of ether oxygens (including phenoxy) is 2. The Bertz CT molecular complexity index is 1860. The summed E-state index contributed by atoms with van der Waals surface area (Å²) in [5.41, 5.74) is -5.95. The molecule has 0 aromatic heterocycles. The highest BCUT2D eigenvalue weighted by atomic mass is 32.2. The number of rotatable bonds is 10. The van der Waals surface area contributed by atoms with Gasteiger partial charge in [-0.25, -0.2) is 13.2 Å². The van der Waals surface area contributed by atoms with E-state index in [0.29, 0.717) is 11.8 Å². The first-order chi connectivity index (χ1) is 25.8. The molecule has 1 N–H and O–H groups in total. The number of ketones is 1. The molecule has 4 aliphatic rings. The van der Waals surface area contributed by atoms with E-state index in [1.807, 2.05) is 91.0 Å². The van der Waals surface area contributed by atoms with Crippen molar-refractivity contribution in [3.8, 4) is 0 Å². The van der Waals surface area contributed by atoms with E-state index in [2.05, 4.69) is 0 Å². The number of allylic oxidation sites excluding steroid dienone is 4. The Labute approximate surface area is 318 Å². The summed E-state index contributed by atoms with van der Waals surface area (Å²) in [6, 6.07) is 27.9. The van der Waals surface area contributed by atoms with Gasteiger partial charge in [0.2, 0.25) is 5.12 Å². The smallest absolute Gasteiger partial charge is 0.309 e. The maximum absolute atomic E-state index is 17.8. The van der Waals surface area contributed by atoms with Crippen LogP contribution in [0, 0.1) is 22.7 Å². The van der Waals surface area contributed by atoms with Gasteiger partial charge in [0.1, 0.15) is 17.8 Å². The van der Waals surface area contributed by atoms with E-state index >= 15 is 8.78 Å². The van der Waals surface area contributed by atoms with E-state index in [1.54, 1.807) is 13.8 Å². The number of aliphatic hydroxyl groups excluding tert-OH is 1. The largest absolute Gasteiger partial charge is 0.449 e. The van der Waals surface area contributed by atoms with Gasteiger partial charge in [-0.05, 0) is 91.6 Å². The third kappa shape index (κ3) is 5.74. The highest BCUT2D eigenvalue weighted by Gasteiger charge is 2.76. The molecule has 0 spiro atoms. The summed E-state index contributed by atoms with van der Waals surface area (Å²) in [7, 11) is 0. The Kier molecular flexibility index (Phi) is 10.1. The number of alkyl halides is 3. The van der Waals surface area contributed by atoms with Gasteiger partial charge in [0.15, 0.2) is 17.1 Å². The lowest BCUT2D eigenvalue weighted by atomic mass is 9.44. The van der Waals surface area contributed by atoms with Crippen LogP contribution in [0.1, 0.15) is 69.6 Å². The number of carbonyl (C=O) groups excluding carboxylic acids is 3. The number of thioether (sulfide) groups is 1. The van der Waals surface area contributed by atoms with E-state index in [9.17, 15) is 23.9 Å². The van der Waals surface area contributed by atoms with Crippen molar-refractivity contribution < 1.29 is 42.1 Å². The molecule has 0 bridgehead atoms. The van der Waals surface area contributed by atoms with E-state index in [1.165, 1.54) is 19.1 Å². The van der Waals surface area contributed by atoms with Crippen molar-refractivity contribution in [3.63, 3.8) is 0 Å². The summed E-state index contributed by atoms with van der Waals surface area (Å²) >= 11 is 0.371. The van der Waals surface area contributed by atoms with Gasteiger partial charge >= 0.3 is 5.97 Å². The second-order valence-electron chi connectivity index (χ2n) is 15.7. The van der Waals surface area contributed by atoms with Gasteiger partial charge in [0, 0.05) is 16.7 Å². The molecular formula is C44H45F3O6S. The lowest BCUT2D eigenvalue weighted by Gasteiger charge is -2.63. The zero-order valence-corrected chi connectivity index (χ0v) is 31.4. The summed E-state index contributed by atoms with van der Waals surface area (Å²) in [6.07, 6.45) is -1.27. The van der Waals surface area contributed by atoms with Gasteiger partial charge in [0.05, 0.1) is 18.6 Å². The molecule has 0 heterocycles. The topological polar surface area (TPSA) is 89.9 Å². The Morgan fingerprint density at radius 2 is 1.50 bits per heavy atom. The molecule has 10 heteroatoms. The number of carbonyl (C=O) groups is 3. The van der Waals surface area contributed by atoms with E-state index < -0.39 is 80.8 Å². The van der Waals surface area contributed by atoms with Crippen molar-refractivity contribution in [2.45, 2.75) is 88.1 Å². The molecule has 6 nitrogen and oxygen atoms in total. The van der Waals surface area contributed by atoms with E-state index in [0.717, 1.165) is 22.8 Å². The van der Waals surface area contributed by atoms with Crippen LogP contribution in [0.25, 0.3) is 0 Å². The third-order valence-corrected chi connectivity index (χ3v) is 13.6. The van der Waals surface area contributed by atoms with Gasteiger partial charge < -0.3 is 14.6 Å². The molecule has 0 unspecified atom stereocenters. The van der Waals surface area contributed by atoms with Crippen LogP contribution < -0.4 is 0 Å². The monoisotopic (exact) mass is 758 g/mol. The molecule has 9 atom stereocenters. The molecule has 0 radical (unpaired) electrons. The van der Waals surface area contributed by atoms with Crippen LogP contribution in [0.3, 0.4) is 0 Å². The van der Waals surface area contributed by atoms with Crippen LogP contribution >= 0.6 is 11.8 Å². The van der Waals surface area contributed by atoms with Crippen molar-refractivity contribution in [2.24, 2.45) is 22.7 Å². The first-order valence-corrected chi connectivity index (χ1v) is 19.5. The van der Waals surface area contributed by atoms with E-state index in [4.69, 9.17) is 9.47 Å². The summed E-state index contributed by atoms with van der Waals surface area (Å²) in [4.78, 5) is 40.5. The molecule has 4 aliphatic carbocycles. The van der Waals surface area contributed by atoms with E-state index in [-0.39, 0.29) is 37.7 Å². The predicted octanol–water partition coefficient (Wildman–Crippen LogP) is 8.56. The number of aliphatic hydroxyl groups is 1. The van der Waals surface area contributed by atoms with Crippen molar-refractivity contribution in [2.75, 3.05) is 6.01 Å². The highest BCUT2D eigenvalue weighted by Crippen LogP contribution is 2.71. The fourth-order valence-corrected chi connectivity index (χ4v) is 11.1. The molecule has 0 aliphatic heterocycles. The number of benzene rings is 3. The Balaban J connectivity index is 1.21. The fourth-order valence-electron chi connectivity index (χ4n) is 10.4. The van der Waals surface area contributed by atoms with Gasteiger partial charge in [-0.3, -0.25) is 14.4 Å². The summed E-state index contributed by atoms with van der Waals surface area (Å²) in [5.74, 6) is -3.02. The minimum atomic E-state index is -2.38. The molecule has 0 saturated heterocycles. The Morgan fingerprint density at radius 3 is 2.04 bits per heavy atom. The molecule has 3 aromatic carbocycles. The maximum atomic E-state index is 17.8. The highest BCUT2D eigenvalue weighted by molar-refractivity contribution is 8.13. The second kappa shape index (κ2) is 14.3. The van der Waals surface area contributed by atoms with Crippen molar-refractivity contribution in [1.82, 2.24) is 0 Å². The molecule has 7 rings (SSSR count). The van der Waals surface area contributed by atoms with Gasteiger partial charge in [-0.2, -0.15) is 0 Å². The van der Waals surface area contributed by atoms with Gasteiger partial charge in [-0.1, -0.05) is 104 Å². The molecule has 54 heavy (non-hydrogen) atoms. The fraction of sp³-hybridized carbons (Fsp3) is 0.432. The van der Waals surface area contributed by atoms with Crippen LogP contribution in [0.2, 0.25) is 0 Å².